The van der Waals surface area contributed by atoms with Gasteiger partial charge in [-0.15, -0.1) is 0 Å². The molecule has 2 nitrogen and oxygen atoms in total. The zero-order valence-corrected chi connectivity index (χ0v) is 6.75. The Labute approximate surface area is 67.4 Å². The Morgan fingerprint density at radius 3 is 2.82 bits per heavy atom. The minimum atomic E-state index is 0.170. The highest BCUT2D eigenvalue weighted by molar-refractivity contribution is 5.58. The first kappa shape index (κ1) is 7.29. The summed E-state index contributed by atoms with van der Waals surface area (Å²) in [5, 5.41) is 3.37. The van der Waals surface area contributed by atoms with Crippen LogP contribution in [0.1, 0.15) is 32.1 Å². The standard InChI is InChI=1S/C9H15NO/c11-6-8-5-7-3-1-2-4-9(7)10-8/h6-10H,1-5H2/t7-,8+,9?/m1/s1. The Bertz CT molecular complexity index is 144. The van der Waals surface area contributed by atoms with E-state index in [0.717, 1.165) is 18.6 Å². The Hall–Kier alpha value is -0.370. The van der Waals surface area contributed by atoms with Crippen molar-refractivity contribution < 1.29 is 4.79 Å². The minimum absolute atomic E-state index is 0.170. The molecule has 2 fully saturated rings. The van der Waals surface area contributed by atoms with Gasteiger partial charge in [0.05, 0.1) is 6.04 Å². The summed E-state index contributed by atoms with van der Waals surface area (Å²) in [7, 11) is 0. The SMILES string of the molecule is O=C[C@@H]1C[C@H]2CCCCC2N1. The van der Waals surface area contributed by atoms with Gasteiger partial charge in [0.25, 0.3) is 0 Å². The molecule has 0 bridgehead atoms. The molecular weight excluding hydrogens is 138 g/mol. The van der Waals surface area contributed by atoms with Crippen molar-refractivity contribution in [3.63, 3.8) is 0 Å². The maximum atomic E-state index is 10.5. The van der Waals surface area contributed by atoms with Gasteiger partial charge < -0.3 is 10.1 Å². The number of hydrogen-bond donors (Lipinski definition) is 1. The van der Waals surface area contributed by atoms with Gasteiger partial charge in [-0.05, 0) is 25.2 Å². The lowest BCUT2D eigenvalue weighted by Crippen LogP contribution is -2.33. The fourth-order valence-corrected chi connectivity index (χ4v) is 2.47. The van der Waals surface area contributed by atoms with Gasteiger partial charge in [-0.3, -0.25) is 0 Å². The third-order valence-corrected chi connectivity index (χ3v) is 3.06. The van der Waals surface area contributed by atoms with Crippen LogP contribution in [0.25, 0.3) is 0 Å². The van der Waals surface area contributed by atoms with E-state index in [4.69, 9.17) is 0 Å². The van der Waals surface area contributed by atoms with Crippen molar-refractivity contribution in [1.82, 2.24) is 5.32 Å². The minimum Gasteiger partial charge on any atom is -0.305 e. The quantitative estimate of drug-likeness (QED) is 0.572. The molecule has 3 atom stereocenters. The molecule has 2 rings (SSSR count). The van der Waals surface area contributed by atoms with Crippen LogP contribution in [0.2, 0.25) is 0 Å². The van der Waals surface area contributed by atoms with Gasteiger partial charge >= 0.3 is 0 Å². The Balaban J connectivity index is 1.97. The molecule has 2 heteroatoms. The lowest BCUT2D eigenvalue weighted by Gasteiger charge is -2.24. The summed E-state index contributed by atoms with van der Waals surface area (Å²) in [6.07, 6.45) is 7.50. The zero-order chi connectivity index (χ0) is 7.68. The van der Waals surface area contributed by atoms with Crippen LogP contribution in [0.3, 0.4) is 0 Å². The van der Waals surface area contributed by atoms with Crippen LogP contribution in [0, 0.1) is 5.92 Å². The molecule has 1 saturated heterocycles. The predicted molar refractivity (Wildman–Crippen MR) is 43.4 cm³/mol. The van der Waals surface area contributed by atoms with Crippen molar-refractivity contribution in [1.29, 1.82) is 0 Å². The van der Waals surface area contributed by atoms with E-state index in [9.17, 15) is 4.79 Å². The Morgan fingerprint density at radius 2 is 2.09 bits per heavy atom. The fourth-order valence-electron chi connectivity index (χ4n) is 2.47. The van der Waals surface area contributed by atoms with E-state index >= 15 is 0 Å². The summed E-state index contributed by atoms with van der Waals surface area (Å²) in [6.45, 7) is 0. The number of fused-ring (bicyclic) bond motifs is 1. The molecule has 1 unspecified atom stereocenters. The summed E-state index contributed by atoms with van der Waals surface area (Å²) in [4.78, 5) is 10.5. The molecule has 1 N–H and O–H groups in total. The van der Waals surface area contributed by atoms with Gasteiger partial charge in [-0.2, -0.15) is 0 Å². The van der Waals surface area contributed by atoms with Crippen molar-refractivity contribution in [2.24, 2.45) is 5.92 Å². The maximum Gasteiger partial charge on any atom is 0.136 e. The molecule has 1 aliphatic carbocycles. The van der Waals surface area contributed by atoms with Gasteiger partial charge in [-0.1, -0.05) is 12.8 Å². The van der Waals surface area contributed by atoms with E-state index in [1.807, 2.05) is 0 Å². The largest absolute Gasteiger partial charge is 0.305 e. The zero-order valence-electron chi connectivity index (χ0n) is 6.75. The molecule has 1 saturated carbocycles. The highest BCUT2D eigenvalue weighted by atomic mass is 16.1. The van der Waals surface area contributed by atoms with Crippen LogP contribution in [0.5, 0.6) is 0 Å². The highest BCUT2D eigenvalue weighted by Crippen LogP contribution is 2.32. The number of nitrogens with one attached hydrogen (secondary N) is 1. The van der Waals surface area contributed by atoms with Crippen LogP contribution in [0.4, 0.5) is 0 Å². The van der Waals surface area contributed by atoms with E-state index in [-0.39, 0.29) is 6.04 Å². The van der Waals surface area contributed by atoms with Crippen LogP contribution in [-0.4, -0.2) is 18.4 Å². The van der Waals surface area contributed by atoms with E-state index in [0.29, 0.717) is 6.04 Å². The van der Waals surface area contributed by atoms with E-state index in [1.54, 1.807) is 0 Å². The van der Waals surface area contributed by atoms with Crippen molar-refractivity contribution in [3.8, 4) is 0 Å². The van der Waals surface area contributed by atoms with Gasteiger partial charge in [-0.25, -0.2) is 0 Å². The normalized spacial score (nSPS) is 43.5. The monoisotopic (exact) mass is 153 g/mol. The summed E-state index contributed by atoms with van der Waals surface area (Å²) >= 11 is 0. The molecule has 0 aromatic carbocycles. The molecule has 0 aromatic rings. The number of aldehydes is 1. The number of rotatable bonds is 1. The summed E-state index contributed by atoms with van der Waals surface area (Å²) in [5.74, 6) is 0.805. The van der Waals surface area contributed by atoms with E-state index < -0.39 is 0 Å². The van der Waals surface area contributed by atoms with Crippen LogP contribution in [-0.2, 0) is 4.79 Å². The van der Waals surface area contributed by atoms with Gasteiger partial charge in [0.1, 0.15) is 6.29 Å². The molecule has 0 aromatic heterocycles. The average molecular weight is 153 g/mol. The first-order valence-electron chi connectivity index (χ1n) is 4.61. The third kappa shape index (κ3) is 1.32. The summed E-state index contributed by atoms with van der Waals surface area (Å²) in [5.41, 5.74) is 0. The lowest BCUT2D eigenvalue weighted by atomic mass is 9.85. The van der Waals surface area contributed by atoms with Crippen molar-refractivity contribution in [2.75, 3.05) is 0 Å². The molecule has 11 heavy (non-hydrogen) atoms. The van der Waals surface area contributed by atoms with Gasteiger partial charge in [0, 0.05) is 6.04 Å². The van der Waals surface area contributed by atoms with Crippen LogP contribution >= 0.6 is 0 Å². The first-order chi connectivity index (χ1) is 5.40. The second kappa shape index (κ2) is 2.94. The van der Waals surface area contributed by atoms with Crippen LogP contribution in [0.15, 0.2) is 0 Å². The second-order valence-corrected chi connectivity index (χ2v) is 3.80. The highest BCUT2D eigenvalue weighted by Gasteiger charge is 2.34. The fraction of sp³-hybridized carbons (Fsp3) is 0.889. The van der Waals surface area contributed by atoms with Gasteiger partial charge in [0.2, 0.25) is 0 Å². The van der Waals surface area contributed by atoms with E-state index in [2.05, 4.69) is 5.32 Å². The lowest BCUT2D eigenvalue weighted by molar-refractivity contribution is -0.109. The molecule has 0 amide bonds. The van der Waals surface area contributed by atoms with Gasteiger partial charge in [0.15, 0.2) is 0 Å². The Kier molecular flexibility index (Phi) is 1.95. The average Bonchev–Trinajstić information content (AvgIpc) is 2.46. The van der Waals surface area contributed by atoms with E-state index in [1.165, 1.54) is 25.7 Å². The number of carbonyl (C=O) groups is 1. The molecule has 1 heterocycles. The molecule has 0 spiro atoms. The van der Waals surface area contributed by atoms with Crippen molar-refractivity contribution in [3.05, 3.63) is 0 Å². The van der Waals surface area contributed by atoms with Crippen LogP contribution < -0.4 is 5.32 Å². The maximum absolute atomic E-state index is 10.5. The molecule has 0 radical (unpaired) electrons. The first-order valence-corrected chi connectivity index (χ1v) is 4.61. The smallest absolute Gasteiger partial charge is 0.136 e. The number of carbonyl (C=O) groups excluding carboxylic acids is 1. The van der Waals surface area contributed by atoms with Crippen molar-refractivity contribution in [2.45, 2.75) is 44.2 Å². The number of hydrogen-bond acceptors (Lipinski definition) is 2. The molecular formula is C9H15NO. The summed E-state index contributed by atoms with van der Waals surface area (Å²) < 4.78 is 0. The Morgan fingerprint density at radius 1 is 1.27 bits per heavy atom. The molecule has 1 aliphatic heterocycles. The topological polar surface area (TPSA) is 29.1 Å². The third-order valence-electron chi connectivity index (χ3n) is 3.06. The second-order valence-electron chi connectivity index (χ2n) is 3.80. The molecule has 62 valence electrons. The predicted octanol–water partition coefficient (Wildman–Crippen LogP) is 1.11. The van der Waals surface area contributed by atoms with Crippen molar-refractivity contribution >= 4 is 6.29 Å². The summed E-state index contributed by atoms with van der Waals surface area (Å²) in [6, 6.07) is 0.835. The molecule has 2 aliphatic rings.